The van der Waals surface area contributed by atoms with E-state index in [9.17, 15) is 26.3 Å². The minimum atomic E-state index is -5.08. The van der Waals surface area contributed by atoms with Crippen molar-refractivity contribution < 1.29 is 50.9 Å². The number of alkyl halides is 6. The van der Waals surface area contributed by atoms with Gasteiger partial charge in [0.2, 0.25) is 5.95 Å². The number of aromatic nitrogens is 5. The van der Waals surface area contributed by atoms with Crippen molar-refractivity contribution in [1.29, 1.82) is 0 Å². The molecule has 1 atom stereocenters. The number of carbonyl (C=O) groups is 2. The molecule has 3 aromatic heterocycles. The summed E-state index contributed by atoms with van der Waals surface area (Å²) in [6.45, 7) is 3.65. The van der Waals surface area contributed by atoms with Crippen LogP contribution in [0.25, 0.3) is 0 Å². The third kappa shape index (κ3) is 10.9. The van der Waals surface area contributed by atoms with Crippen molar-refractivity contribution in [2.45, 2.75) is 32.0 Å². The van der Waals surface area contributed by atoms with Crippen LogP contribution in [0.4, 0.5) is 32.3 Å². The summed E-state index contributed by atoms with van der Waals surface area (Å²) in [6.07, 6.45) is 0.858. The number of imidazole rings is 1. The first-order valence-electron chi connectivity index (χ1n) is 10.9. The quantitative estimate of drug-likeness (QED) is 0.444. The fraction of sp³-hybridized carbons (Fsp3) is 0.364. The first-order valence-corrected chi connectivity index (χ1v) is 10.9. The lowest BCUT2D eigenvalue weighted by Crippen LogP contribution is -2.31. The van der Waals surface area contributed by atoms with Crippen LogP contribution in [0.5, 0.6) is 0 Å². The van der Waals surface area contributed by atoms with Crippen LogP contribution in [-0.4, -0.2) is 72.2 Å². The summed E-state index contributed by atoms with van der Waals surface area (Å²) in [5.74, 6) is -3.42. The number of carboxylic acid groups (broad SMARTS) is 2. The molecular weight excluding hydrogens is 542 g/mol. The van der Waals surface area contributed by atoms with Crippen LogP contribution in [0, 0.1) is 5.92 Å². The van der Waals surface area contributed by atoms with Crippen LogP contribution < -0.4 is 4.90 Å². The van der Waals surface area contributed by atoms with Crippen LogP contribution in [0.2, 0.25) is 0 Å². The van der Waals surface area contributed by atoms with Crippen molar-refractivity contribution in [3.8, 4) is 0 Å². The first kappa shape index (κ1) is 30.9. The second-order valence-corrected chi connectivity index (χ2v) is 7.77. The average Bonchev–Trinajstić information content (AvgIpc) is 3.23. The van der Waals surface area contributed by atoms with Gasteiger partial charge in [0.05, 0.1) is 19.8 Å². The minimum Gasteiger partial charge on any atom is -0.475 e. The van der Waals surface area contributed by atoms with Crippen molar-refractivity contribution >= 4 is 17.9 Å². The van der Waals surface area contributed by atoms with Gasteiger partial charge in [-0.25, -0.2) is 24.5 Å². The fourth-order valence-electron chi connectivity index (χ4n) is 3.08. The summed E-state index contributed by atoms with van der Waals surface area (Å²) in [5, 5.41) is 14.2. The van der Waals surface area contributed by atoms with Gasteiger partial charge in [0.15, 0.2) is 0 Å². The van der Waals surface area contributed by atoms with Gasteiger partial charge in [-0.2, -0.15) is 26.3 Å². The van der Waals surface area contributed by atoms with Gasteiger partial charge in [0, 0.05) is 56.2 Å². The third-order valence-electron chi connectivity index (χ3n) is 4.73. The highest BCUT2D eigenvalue weighted by Gasteiger charge is 2.38. The molecule has 0 radical (unpaired) electrons. The van der Waals surface area contributed by atoms with E-state index in [0.717, 1.165) is 30.4 Å². The number of fused-ring (bicyclic) bond motifs is 1. The maximum absolute atomic E-state index is 10.6. The molecule has 1 aliphatic rings. The SMILES string of the molecule is O=C(O)C(F)(F)F.O=C(O)C(F)(F)F.c1cnc(N2Cc3nccn3CC(COCc3cccnc3)C2)nc1. The van der Waals surface area contributed by atoms with Crippen molar-refractivity contribution in [2.24, 2.45) is 5.92 Å². The Balaban J connectivity index is 0.000000317. The summed E-state index contributed by atoms with van der Waals surface area (Å²) < 4.78 is 71.6. The number of anilines is 1. The molecule has 0 saturated carbocycles. The van der Waals surface area contributed by atoms with Gasteiger partial charge >= 0.3 is 24.3 Å². The van der Waals surface area contributed by atoms with Crippen molar-refractivity contribution in [1.82, 2.24) is 24.5 Å². The highest BCUT2D eigenvalue weighted by Crippen LogP contribution is 2.20. The Morgan fingerprint density at radius 3 is 2.08 bits per heavy atom. The molecule has 0 bridgehead atoms. The predicted octanol–water partition coefficient (Wildman–Crippen LogP) is 3.19. The minimum absolute atomic E-state index is 0.330. The molecule has 3 aromatic rings. The predicted molar refractivity (Wildman–Crippen MR) is 120 cm³/mol. The molecule has 1 unspecified atom stereocenters. The maximum Gasteiger partial charge on any atom is 0.490 e. The topological polar surface area (TPSA) is 144 Å². The molecule has 2 N–H and O–H groups in total. The van der Waals surface area contributed by atoms with Gasteiger partial charge in [-0.1, -0.05) is 6.07 Å². The molecule has 0 spiro atoms. The largest absolute Gasteiger partial charge is 0.490 e. The lowest BCUT2D eigenvalue weighted by molar-refractivity contribution is -0.193. The van der Waals surface area contributed by atoms with Crippen molar-refractivity contribution in [3.63, 3.8) is 0 Å². The Morgan fingerprint density at radius 2 is 1.54 bits per heavy atom. The monoisotopic (exact) mass is 564 g/mol. The molecule has 4 heterocycles. The molecule has 212 valence electrons. The lowest BCUT2D eigenvalue weighted by Gasteiger charge is -2.23. The lowest BCUT2D eigenvalue weighted by atomic mass is 10.1. The van der Waals surface area contributed by atoms with E-state index in [-0.39, 0.29) is 0 Å². The number of carboxylic acids is 2. The summed E-state index contributed by atoms with van der Waals surface area (Å²) in [5.41, 5.74) is 1.09. The number of ether oxygens (including phenoxy) is 1. The molecule has 0 amide bonds. The zero-order valence-electron chi connectivity index (χ0n) is 19.9. The van der Waals surface area contributed by atoms with E-state index in [4.69, 9.17) is 24.5 Å². The second kappa shape index (κ2) is 14.0. The Morgan fingerprint density at radius 1 is 0.923 bits per heavy atom. The van der Waals surface area contributed by atoms with Gasteiger partial charge in [0.25, 0.3) is 0 Å². The second-order valence-electron chi connectivity index (χ2n) is 7.77. The Hall–Kier alpha value is -4.28. The van der Waals surface area contributed by atoms with E-state index in [0.29, 0.717) is 25.7 Å². The molecule has 17 heteroatoms. The standard InChI is InChI=1S/C18H20N6O.2C2HF3O2/c1-3-15(9-19-4-1)13-25-14-16-10-23-8-7-20-17(23)12-24(11-16)18-21-5-2-6-22-18;2*3-2(4,5)1(6)7/h1-9,16H,10-14H2;2*(H,6,7). The molecule has 0 saturated heterocycles. The van der Waals surface area contributed by atoms with Gasteiger partial charge < -0.3 is 24.4 Å². The Bertz CT molecular complexity index is 1150. The van der Waals surface area contributed by atoms with Gasteiger partial charge in [-0.05, 0) is 17.7 Å². The van der Waals surface area contributed by atoms with Crippen LogP contribution in [0.3, 0.4) is 0 Å². The number of pyridine rings is 1. The van der Waals surface area contributed by atoms with Gasteiger partial charge in [0.1, 0.15) is 5.82 Å². The normalized spacial score (nSPS) is 15.0. The maximum atomic E-state index is 10.6. The van der Waals surface area contributed by atoms with Crippen LogP contribution in [-0.2, 0) is 34.0 Å². The fourth-order valence-corrected chi connectivity index (χ4v) is 3.08. The summed E-state index contributed by atoms with van der Waals surface area (Å²) in [7, 11) is 0. The number of nitrogens with zero attached hydrogens (tertiary/aromatic N) is 6. The smallest absolute Gasteiger partial charge is 0.475 e. The highest BCUT2D eigenvalue weighted by atomic mass is 19.4. The molecule has 1 aliphatic heterocycles. The number of halogens is 6. The van der Waals surface area contributed by atoms with E-state index >= 15 is 0 Å². The van der Waals surface area contributed by atoms with E-state index in [1.165, 1.54) is 0 Å². The molecule has 39 heavy (non-hydrogen) atoms. The first-order chi connectivity index (χ1) is 18.3. The molecule has 4 rings (SSSR count). The van der Waals surface area contributed by atoms with E-state index in [2.05, 4.69) is 29.4 Å². The molecule has 0 fully saturated rings. The third-order valence-corrected chi connectivity index (χ3v) is 4.73. The van der Waals surface area contributed by atoms with Crippen molar-refractivity contribution in [2.75, 3.05) is 18.1 Å². The Kier molecular flexibility index (Phi) is 11.1. The molecule has 0 aromatic carbocycles. The number of rotatable bonds is 5. The Labute approximate surface area is 216 Å². The van der Waals surface area contributed by atoms with E-state index in [1.54, 1.807) is 18.6 Å². The number of hydrogen-bond acceptors (Lipinski definition) is 8. The summed E-state index contributed by atoms with van der Waals surface area (Å²) in [6, 6.07) is 5.78. The van der Waals surface area contributed by atoms with Gasteiger partial charge in [-0.15, -0.1) is 0 Å². The molecule has 0 aliphatic carbocycles. The zero-order chi connectivity index (χ0) is 29.1. The summed E-state index contributed by atoms with van der Waals surface area (Å²) in [4.78, 5) is 37.3. The van der Waals surface area contributed by atoms with Crippen LogP contribution in [0.1, 0.15) is 11.4 Å². The number of hydrogen-bond donors (Lipinski definition) is 2. The molecular formula is C22H22F6N6O5. The van der Waals surface area contributed by atoms with Crippen molar-refractivity contribution in [3.05, 3.63) is 66.8 Å². The van der Waals surface area contributed by atoms with E-state index < -0.39 is 24.3 Å². The average molecular weight is 564 g/mol. The van der Waals surface area contributed by atoms with Crippen LogP contribution in [0.15, 0.2) is 55.4 Å². The van der Waals surface area contributed by atoms with Gasteiger partial charge in [-0.3, -0.25) is 4.98 Å². The number of aliphatic carboxylic acids is 2. The van der Waals surface area contributed by atoms with E-state index in [1.807, 2.05) is 36.8 Å². The zero-order valence-corrected chi connectivity index (χ0v) is 19.9. The molecule has 11 nitrogen and oxygen atoms in total. The summed E-state index contributed by atoms with van der Waals surface area (Å²) >= 11 is 0. The van der Waals surface area contributed by atoms with Crippen LogP contribution >= 0.6 is 0 Å². The highest BCUT2D eigenvalue weighted by molar-refractivity contribution is 5.73.